The molecular weight excluding hydrogens is 452 g/mol. The summed E-state index contributed by atoms with van der Waals surface area (Å²) >= 11 is 0. The van der Waals surface area contributed by atoms with E-state index in [2.05, 4.69) is 11.9 Å². The van der Waals surface area contributed by atoms with Gasteiger partial charge in [0.25, 0.3) is 5.91 Å². The van der Waals surface area contributed by atoms with Crippen molar-refractivity contribution in [1.82, 2.24) is 0 Å². The Balaban J connectivity index is 1.72. The van der Waals surface area contributed by atoms with Crippen LogP contribution in [0.4, 0.5) is 31.5 Å². The molecular formula is C27H25F2N3O3. The SMILES string of the molecule is C=CC1C(=O)N(C)c2ccc(Nc3cccc(C(=O)OCC)c3)cc2N1Cc1c(F)cccc1F. The van der Waals surface area contributed by atoms with Gasteiger partial charge in [-0.3, -0.25) is 4.79 Å². The number of halogens is 2. The van der Waals surface area contributed by atoms with Crippen LogP contribution in [0.15, 0.2) is 73.3 Å². The quantitative estimate of drug-likeness (QED) is 0.364. The monoisotopic (exact) mass is 477 g/mol. The average Bonchev–Trinajstić information content (AvgIpc) is 2.85. The summed E-state index contributed by atoms with van der Waals surface area (Å²) in [5, 5.41) is 3.25. The zero-order valence-corrected chi connectivity index (χ0v) is 19.4. The molecule has 6 nitrogen and oxygen atoms in total. The second-order valence-corrected chi connectivity index (χ2v) is 8.04. The molecule has 0 radical (unpaired) electrons. The molecule has 0 aliphatic carbocycles. The number of carbonyl (C=O) groups is 2. The molecule has 1 unspecified atom stereocenters. The van der Waals surface area contributed by atoms with Crippen molar-refractivity contribution in [1.29, 1.82) is 0 Å². The molecule has 1 amide bonds. The van der Waals surface area contributed by atoms with E-state index in [0.717, 1.165) is 0 Å². The van der Waals surface area contributed by atoms with Crippen LogP contribution in [0.3, 0.4) is 0 Å². The van der Waals surface area contributed by atoms with Crippen LogP contribution >= 0.6 is 0 Å². The molecule has 1 aliphatic rings. The van der Waals surface area contributed by atoms with Gasteiger partial charge in [0, 0.05) is 30.5 Å². The summed E-state index contributed by atoms with van der Waals surface area (Å²) in [4.78, 5) is 28.2. The number of hydrogen-bond donors (Lipinski definition) is 1. The van der Waals surface area contributed by atoms with E-state index < -0.39 is 23.6 Å². The van der Waals surface area contributed by atoms with Gasteiger partial charge in [0.1, 0.15) is 17.7 Å². The predicted molar refractivity (Wildman–Crippen MR) is 132 cm³/mol. The first-order chi connectivity index (χ1) is 16.8. The lowest BCUT2D eigenvalue weighted by molar-refractivity contribution is -0.119. The van der Waals surface area contributed by atoms with Gasteiger partial charge in [0.15, 0.2) is 0 Å². The number of nitrogens with zero attached hydrogens (tertiary/aromatic N) is 2. The first-order valence-electron chi connectivity index (χ1n) is 11.1. The van der Waals surface area contributed by atoms with Gasteiger partial charge >= 0.3 is 5.97 Å². The number of ether oxygens (including phenoxy) is 1. The Hall–Kier alpha value is -4.20. The summed E-state index contributed by atoms with van der Waals surface area (Å²) < 4.78 is 34.0. The normalized spacial score (nSPS) is 15.0. The van der Waals surface area contributed by atoms with E-state index in [1.165, 1.54) is 29.2 Å². The van der Waals surface area contributed by atoms with Crippen LogP contribution in [0.2, 0.25) is 0 Å². The lowest BCUT2D eigenvalue weighted by Crippen LogP contribution is -2.51. The van der Waals surface area contributed by atoms with E-state index in [-0.39, 0.29) is 24.6 Å². The van der Waals surface area contributed by atoms with Crippen LogP contribution in [0.25, 0.3) is 0 Å². The van der Waals surface area contributed by atoms with Crippen molar-refractivity contribution in [3.63, 3.8) is 0 Å². The van der Waals surface area contributed by atoms with Crippen molar-refractivity contribution in [2.45, 2.75) is 19.5 Å². The number of anilines is 4. The molecule has 1 aliphatic heterocycles. The molecule has 0 spiro atoms. The number of benzene rings is 3. The van der Waals surface area contributed by atoms with Gasteiger partial charge in [-0.05, 0) is 55.5 Å². The molecule has 0 aromatic heterocycles. The molecule has 0 saturated heterocycles. The number of rotatable bonds is 7. The lowest BCUT2D eigenvalue weighted by atomic mass is 10.0. The second kappa shape index (κ2) is 9.97. The third kappa shape index (κ3) is 4.73. The van der Waals surface area contributed by atoms with E-state index >= 15 is 0 Å². The molecule has 1 heterocycles. The predicted octanol–water partition coefficient (Wildman–Crippen LogP) is 5.42. The molecule has 3 aromatic carbocycles. The van der Waals surface area contributed by atoms with E-state index in [4.69, 9.17) is 4.74 Å². The Morgan fingerprint density at radius 1 is 1.06 bits per heavy atom. The molecule has 3 aromatic rings. The Kier molecular flexibility index (Phi) is 6.82. The number of fused-ring (bicyclic) bond motifs is 1. The van der Waals surface area contributed by atoms with Gasteiger partial charge in [-0.15, -0.1) is 6.58 Å². The molecule has 0 saturated carbocycles. The number of amides is 1. The van der Waals surface area contributed by atoms with Crippen LogP contribution in [-0.2, 0) is 16.1 Å². The van der Waals surface area contributed by atoms with Crippen LogP contribution in [0.1, 0.15) is 22.8 Å². The van der Waals surface area contributed by atoms with E-state index in [0.29, 0.717) is 28.3 Å². The summed E-state index contributed by atoms with van der Waals surface area (Å²) in [6.07, 6.45) is 1.46. The minimum absolute atomic E-state index is 0.136. The van der Waals surface area contributed by atoms with Gasteiger partial charge in [0.05, 0.1) is 23.5 Å². The number of likely N-dealkylation sites (N-methyl/N-ethyl adjacent to an activating group) is 1. The highest BCUT2D eigenvalue weighted by Gasteiger charge is 2.35. The zero-order chi connectivity index (χ0) is 25.1. The molecule has 1 atom stereocenters. The number of nitrogens with one attached hydrogen (secondary N) is 1. The third-order valence-corrected chi connectivity index (χ3v) is 5.84. The first-order valence-corrected chi connectivity index (χ1v) is 11.1. The Morgan fingerprint density at radius 2 is 1.74 bits per heavy atom. The van der Waals surface area contributed by atoms with Crippen molar-refractivity contribution < 1.29 is 23.1 Å². The minimum atomic E-state index is -0.811. The number of hydrogen-bond acceptors (Lipinski definition) is 5. The molecule has 0 bridgehead atoms. The average molecular weight is 478 g/mol. The van der Waals surface area contributed by atoms with E-state index in [1.807, 2.05) is 0 Å². The highest BCUT2D eigenvalue weighted by molar-refractivity contribution is 6.06. The Morgan fingerprint density at radius 3 is 2.43 bits per heavy atom. The van der Waals surface area contributed by atoms with Gasteiger partial charge in [0.2, 0.25) is 0 Å². The fourth-order valence-corrected chi connectivity index (χ4v) is 4.09. The van der Waals surface area contributed by atoms with Gasteiger partial charge in [-0.25, -0.2) is 13.6 Å². The second-order valence-electron chi connectivity index (χ2n) is 8.04. The fraction of sp³-hybridized carbons (Fsp3) is 0.185. The summed E-state index contributed by atoms with van der Waals surface area (Å²) in [5.74, 6) is -2.06. The summed E-state index contributed by atoms with van der Waals surface area (Å²) in [6.45, 7) is 5.63. The largest absolute Gasteiger partial charge is 0.462 e. The van der Waals surface area contributed by atoms with Crippen LogP contribution in [-0.4, -0.2) is 31.6 Å². The Labute approximate surface area is 202 Å². The maximum atomic E-state index is 14.5. The van der Waals surface area contributed by atoms with Gasteiger partial charge in [-0.1, -0.05) is 18.2 Å². The van der Waals surface area contributed by atoms with Gasteiger partial charge in [-0.2, -0.15) is 0 Å². The summed E-state index contributed by atoms with van der Waals surface area (Å²) in [7, 11) is 1.65. The van der Waals surface area contributed by atoms with Crippen molar-refractivity contribution in [3.8, 4) is 0 Å². The lowest BCUT2D eigenvalue weighted by Gasteiger charge is -2.41. The highest BCUT2D eigenvalue weighted by atomic mass is 19.1. The fourth-order valence-electron chi connectivity index (χ4n) is 4.09. The minimum Gasteiger partial charge on any atom is -0.462 e. The molecule has 35 heavy (non-hydrogen) atoms. The zero-order valence-electron chi connectivity index (χ0n) is 19.4. The summed E-state index contributed by atoms with van der Waals surface area (Å²) in [6, 6.07) is 15.1. The maximum Gasteiger partial charge on any atom is 0.338 e. The van der Waals surface area contributed by atoms with E-state index in [1.54, 1.807) is 61.3 Å². The molecule has 180 valence electrons. The highest BCUT2D eigenvalue weighted by Crippen LogP contribution is 2.39. The number of carbonyl (C=O) groups excluding carboxylic acids is 2. The van der Waals surface area contributed by atoms with Crippen molar-refractivity contribution in [2.75, 3.05) is 28.8 Å². The first kappa shape index (κ1) is 23.9. The smallest absolute Gasteiger partial charge is 0.338 e. The van der Waals surface area contributed by atoms with Crippen molar-refractivity contribution in [2.24, 2.45) is 0 Å². The number of esters is 1. The standard InChI is InChI=1S/C27H25F2N3O3/c1-4-23-26(33)31(3)24-13-12-19(30-18-9-6-8-17(14-18)27(34)35-5-2)15-25(24)32(23)16-20-21(28)10-7-11-22(20)29/h4,6-15,23,30H,1,5,16H2,2-3H3. The summed E-state index contributed by atoms with van der Waals surface area (Å²) in [5.41, 5.74) is 2.78. The van der Waals surface area contributed by atoms with Crippen LogP contribution < -0.4 is 15.1 Å². The molecule has 0 fully saturated rings. The third-order valence-electron chi connectivity index (χ3n) is 5.84. The topological polar surface area (TPSA) is 61.9 Å². The van der Waals surface area contributed by atoms with Crippen molar-refractivity contribution >= 4 is 34.6 Å². The van der Waals surface area contributed by atoms with Crippen LogP contribution in [0, 0.1) is 11.6 Å². The molecule has 4 rings (SSSR count). The van der Waals surface area contributed by atoms with Gasteiger partial charge < -0.3 is 19.9 Å². The van der Waals surface area contributed by atoms with Crippen molar-refractivity contribution in [3.05, 3.63) is 96.1 Å². The van der Waals surface area contributed by atoms with E-state index in [9.17, 15) is 18.4 Å². The maximum absolute atomic E-state index is 14.5. The molecule has 8 heteroatoms. The van der Waals surface area contributed by atoms with Crippen LogP contribution in [0.5, 0.6) is 0 Å². The Bertz CT molecular complexity index is 1270. The molecule has 1 N–H and O–H groups in total.